The van der Waals surface area contributed by atoms with E-state index in [9.17, 15) is 35.1 Å². The third-order valence-electron chi connectivity index (χ3n) is 3.65. The molecule has 2 aromatic carbocycles. The standard InChI is InChI=1S/C18H8F8N2O/c19-12-6-9(16-27-4-1-5-28-16)2-3-11(12)18(25,26)29-10-7-13(20)15(14(21)8-10)17(22,23)24/h1-8H. The summed E-state index contributed by atoms with van der Waals surface area (Å²) in [6.07, 6.45) is -7.13. The van der Waals surface area contributed by atoms with Crippen LogP contribution < -0.4 is 4.74 Å². The fourth-order valence-corrected chi connectivity index (χ4v) is 2.42. The lowest BCUT2D eigenvalue weighted by Gasteiger charge is -2.20. The van der Waals surface area contributed by atoms with Crippen molar-refractivity contribution in [3.63, 3.8) is 0 Å². The highest BCUT2D eigenvalue weighted by molar-refractivity contribution is 5.55. The molecule has 0 aliphatic rings. The maximum absolute atomic E-state index is 14.3. The van der Waals surface area contributed by atoms with Crippen molar-refractivity contribution in [1.82, 2.24) is 9.97 Å². The second-order valence-corrected chi connectivity index (χ2v) is 5.65. The maximum Gasteiger partial charge on any atom is 0.429 e. The Kier molecular flexibility index (Phi) is 5.16. The van der Waals surface area contributed by atoms with E-state index >= 15 is 0 Å². The van der Waals surface area contributed by atoms with Gasteiger partial charge in [0.15, 0.2) is 5.82 Å². The van der Waals surface area contributed by atoms with Crippen molar-refractivity contribution in [2.45, 2.75) is 12.3 Å². The molecule has 0 saturated heterocycles. The van der Waals surface area contributed by atoms with E-state index in [0.717, 1.165) is 6.07 Å². The second-order valence-electron chi connectivity index (χ2n) is 5.65. The quantitative estimate of drug-likeness (QED) is 0.508. The van der Waals surface area contributed by atoms with Gasteiger partial charge in [0.1, 0.15) is 28.8 Å². The van der Waals surface area contributed by atoms with Crippen LogP contribution in [0.5, 0.6) is 5.75 Å². The Morgan fingerprint density at radius 2 is 1.34 bits per heavy atom. The Morgan fingerprint density at radius 3 is 1.86 bits per heavy atom. The number of ether oxygens (including phenoxy) is 1. The largest absolute Gasteiger partial charge is 0.429 e. The molecule has 11 heteroatoms. The van der Waals surface area contributed by atoms with Gasteiger partial charge in [0, 0.05) is 30.1 Å². The average molecular weight is 420 g/mol. The molecule has 1 heterocycles. The summed E-state index contributed by atoms with van der Waals surface area (Å²) in [6, 6.07) is 3.74. The minimum Gasteiger partial charge on any atom is -0.429 e. The number of aromatic nitrogens is 2. The van der Waals surface area contributed by atoms with Gasteiger partial charge < -0.3 is 4.74 Å². The molecule has 0 saturated carbocycles. The molecule has 0 amide bonds. The van der Waals surface area contributed by atoms with Gasteiger partial charge in [-0.2, -0.15) is 22.0 Å². The van der Waals surface area contributed by atoms with Crippen molar-refractivity contribution in [3.8, 4) is 17.1 Å². The predicted molar refractivity (Wildman–Crippen MR) is 83.3 cm³/mol. The van der Waals surface area contributed by atoms with Crippen molar-refractivity contribution in [1.29, 1.82) is 0 Å². The Labute approximate surface area is 157 Å². The van der Waals surface area contributed by atoms with E-state index in [1.165, 1.54) is 18.5 Å². The lowest BCUT2D eigenvalue weighted by atomic mass is 10.1. The molecular formula is C18H8F8N2O. The van der Waals surface area contributed by atoms with E-state index in [-0.39, 0.29) is 23.5 Å². The van der Waals surface area contributed by atoms with Crippen LogP contribution in [0.1, 0.15) is 11.1 Å². The number of benzene rings is 2. The first kappa shape index (κ1) is 20.5. The van der Waals surface area contributed by atoms with Crippen LogP contribution in [0.15, 0.2) is 48.8 Å². The van der Waals surface area contributed by atoms with Gasteiger partial charge in [-0.3, -0.25) is 0 Å². The molecule has 3 rings (SSSR count). The van der Waals surface area contributed by atoms with Crippen LogP contribution in [0.25, 0.3) is 11.4 Å². The number of halogens is 8. The molecule has 0 spiro atoms. The zero-order valence-electron chi connectivity index (χ0n) is 13.9. The molecule has 0 fully saturated rings. The number of hydrogen-bond acceptors (Lipinski definition) is 3. The molecule has 3 aromatic rings. The number of alkyl halides is 5. The lowest BCUT2D eigenvalue weighted by Crippen LogP contribution is -2.24. The molecule has 0 atom stereocenters. The highest BCUT2D eigenvalue weighted by Gasteiger charge is 2.41. The first-order valence-electron chi connectivity index (χ1n) is 7.69. The molecule has 152 valence electrons. The summed E-state index contributed by atoms with van der Waals surface area (Å²) in [5.74, 6) is -6.96. The van der Waals surface area contributed by atoms with E-state index in [0.29, 0.717) is 12.1 Å². The fourth-order valence-electron chi connectivity index (χ4n) is 2.42. The van der Waals surface area contributed by atoms with E-state index in [1.807, 2.05) is 0 Å². The highest BCUT2D eigenvalue weighted by Crippen LogP contribution is 2.38. The predicted octanol–water partition coefficient (Wildman–Crippen LogP) is 5.71. The molecule has 0 bridgehead atoms. The van der Waals surface area contributed by atoms with Gasteiger partial charge in [-0.15, -0.1) is 0 Å². The minimum absolute atomic E-state index is 0.0501. The number of hydrogen-bond donors (Lipinski definition) is 0. The molecule has 0 radical (unpaired) electrons. The van der Waals surface area contributed by atoms with Crippen LogP contribution >= 0.6 is 0 Å². The number of rotatable bonds is 4. The van der Waals surface area contributed by atoms with Crippen molar-refractivity contribution >= 4 is 0 Å². The van der Waals surface area contributed by atoms with Gasteiger partial charge in [0.05, 0.1) is 5.56 Å². The molecule has 0 aliphatic heterocycles. The molecule has 3 nitrogen and oxygen atoms in total. The van der Waals surface area contributed by atoms with Crippen LogP contribution in [0.3, 0.4) is 0 Å². The van der Waals surface area contributed by atoms with Crippen LogP contribution in [-0.2, 0) is 12.3 Å². The van der Waals surface area contributed by atoms with Crippen LogP contribution in [0.4, 0.5) is 35.1 Å². The average Bonchev–Trinajstić information content (AvgIpc) is 2.59. The summed E-state index contributed by atoms with van der Waals surface area (Å²) in [5.41, 5.74) is -3.50. The first-order valence-corrected chi connectivity index (χ1v) is 7.69. The van der Waals surface area contributed by atoms with E-state index < -0.39 is 46.6 Å². The van der Waals surface area contributed by atoms with Gasteiger partial charge in [0.25, 0.3) is 0 Å². The summed E-state index contributed by atoms with van der Waals surface area (Å²) in [6.45, 7) is 0. The van der Waals surface area contributed by atoms with Gasteiger partial charge in [-0.1, -0.05) is 6.07 Å². The molecule has 0 aliphatic carbocycles. The van der Waals surface area contributed by atoms with Crippen molar-refractivity contribution in [2.75, 3.05) is 0 Å². The molecule has 1 aromatic heterocycles. The zero-order chi connectivity index (χ0) is 21.4. The Balaban J connectivity index is 1.92. The summed E-state index contributed by atoms with van der Waals surface area (Å²) in [5, 5.41) is 0. The molecule has 29 heavy (non-hydrogen) atoms. The molecule has 0 unspecified atom stereocenters. The third-order valence-corrected chi connectivity index (χ3v) is 3.65. The Bertz CT molecular complexity index is 1010. The fraction of sp³-hybridized carbons (Fsp3) is 0.111. The zero-order valence-corrected chi connectivity index (χ0v) is 13.9. The van der Waals surface area contributed by atoms with Crippen molar-refractivity contribution in [2.24, 2.45) is 0 Å². The minimum atomic E-state index is -5.38. The topological polar surface area (TPSA) is 35.0 Å². The second kappa shape index (κ2) is 7.30. The first-order chi connectivity index (χ1) is 13.5. The molecular weight excluding hydrogens is 412 g/mol. The Morgan fingerprint density at radius 1 is 0.759 bits per heavy atom. The summed E-state index contributed by atoms with van der Waals surface area (Å²) < 4.78 is 112. The van der Waals surface area contributed by atoms with Crippen molar-refractivity contribution < 1.29 is 39.9 Å². The summed E-state index contributed by atoms with van der Waals surface area (Å²) in [4.78, 5) is 7.65. The Hall–Kier alpha value is -3.24. The van der Waals surface area contributed by atoms with Gasteiger partial charge in [-0.25, -0.2) is 23.1 Å². The van der Waals surface area contributed by atoms with Crippen LogP contribution in [0.2, 0.25) is 0 Å². The third kappa shape index (κ3) is 4.28. The summed E-state index contributed by atoms with van der Waals surface area (Å²) >= 11 is 0. The monoisotopic (exact) mass is 420 g/mol. The van der Waals surface area contributed by atoms with Gasteiger partial charge in [-0.05, 0) is 18.2 Å². The maximum atomic E-state index is 14.3. The van der Waals surface area contributed by atoms with E-state index in [1.54, 1.807) is 0 Å². The van der Waals surface area contributed by atoms with Crippen LogP contribution in [0, 0.1) is 17.5 Å². The highest BCUT2D eigenvalue weighted by atomic mass is 19.4. The van der Waals surface area contributed by atoms with Gasteiger partial charge >= 0.3 is 12.3 Å². The smallest absolute Gasteiger partial charge is 0.429 e. The van der Waals surface area contributed by atoms with E-state index in [2.05, 4.69) is 14.7 Å². The van der Waals surface area contributed by atoms with Crippen LogP contribution in [-0.4, -0.2) is 9.97 Å². The van der Waals surface area contributed by atoms with Gasteiger partial charge in [0.2, 0.25) is 0 Å². The summed E-state index contributed by atoms with van der Waals surface area (Å²) in [7, 11) is 0. The lowest BCUT2D eigenvalue weighted by molar-refractivity contribution is -0.187. The number of nitrogens with zero attached hydrogens (tertiary/aromatic N) is 2. The molecule has 0 N–H and O–H groups in total. The van der Waals surface area contributed by atoms with Crippen molar-refractivity contribution in [3.05, 3.63) is 77.4 Å². The SMILES string of the molecule is Fc1cc(-c2ncccn2)ccc1C(F)(F)Oc1cc(F)c(C(F)(F)F)c(F)c1. The normalized spacial score (nSPS) is 12.1. The van der Waals surface area contributed by atoms with E-state index in [4.69, 9.17) is 0 Å².